The normalized spacial score (nSPS) is 15.8. The SMILES string of the molecule is O=c1cc(Br)n2c(n1)SCCC2. The molecule has 0 unspecified atom stereocenters. The predicted octanol–water partition coefficient (Wildman–Crippen LogP) is 1.50. The van der Waals surface area contributed by atoms with Gasteiger partial charge in [-0.1, -0.05) is 11.8 Å². The molecule has 64 valence electrons. The van der Waals surface area contributed by atoms with E-state index in [0.717, 1.165) is 28.5 Å². The number of rotatable bonds is 0. The van der Waals surface area contributed by atoms with E-state index in [0.29, 0.717) is 0 Å². The first kappa shape index (κ1) is 8.31. The second-order valence-corrected chi connectivity index (χ2v) is 4.43. The molecule has 0 atom stereocenters. The molecule has 0 amide bonds. The summed E-state index contributed by atoms with van der Waals surface area (Å²) in [7, 11) is 0. The fraction of sp³-hybridized carbons (Fsp3) is 0.429. The Balaban J connectivity index is 2.60. The number of thioether (sulfide) groups is 1. The van der Waals surface area contributed by atoms with Gasteiger partial charge in [-0.2, -0.15) is 4.98 Å². The van der Waals surface area contributed by atoms with Crippen molar-refractivity contribution in [2.24, 2.45) is 0 Å². The molecular weight excluding hydrogens is 240 g/mol. The topological polar surface area (TPSA) is 34.9 Å². The second-order valence-electron chi connectivity index (χ2n) is 2.55. The van der Waals surface area contributed by atoms with E-state index in [1.54, 1.807) is 11.8 Å². The van der Waals surface area contributed by atoms with Crippen molar-refractivity contribution < 1.29 is 0 Å². The molecule has 0 aliphatic carbocycles. The van der Waals surface area contributed by atoms with Gasteiger partial charge in [-0.3, -0.25) is 4.79 Å². The fourth-order valence-corrected chi connectivity index (χ4v) is 2.77. The number of fused-ring (bicyclic) bond motifs is 1. The molecular formula is C7H7BrN2OS. The highest BCUT2D eigenvalue weighted by atomic mass is 79.9. The van der Waals surface area contributed by atoms with Crippen molar-refractivity contribution in [3.8, 4) is 0 Å². The summed E-state index contributed by atoms with van der Waals surface area (Å²) in [5, 5.41) is 0.834. The summed E-state index contributed by atoms with van der Waals surface area (Å²) < 4.78 is 2.86. The zero-order valence-electron chi connectivity index (χ0n) is 6.29. The van der Waals surface area contributed by atoms with E-state index in [1.165, 1.54) is 6.07 Å². The molecule has 3 nitrogen and oxygen atoms in total. The van der Waals surface area contributed by atoms with Crippen LogP contribution in [-0.2, 0) is 6.54 Å². The van der Waals surface area contributed by atoms with Gasteiger partial charge in [0.15, 0.2) is 5.16 Å². The molecule has 1 aliphatic rings. The molecule has 0 fully saturated rings. The minimum Gasteiger partial charge on any atom is -0.315 e. The van der Waals surface area contributed by atoms with E-state index in [1.807, 2.05) is 4.57 Å². The van der Waals surface area contributed by atoms with Crippen LogP contribution in [0.2, 0.25) is 0 Å². The van der Waals surface area contributed by atoms with Gasteiger partial charge in [0, 0.05) is 18.4 Å². The zero-order chi connectivity index (χ0) is 8.55. The Morgan fingerprint density at radius 3 is 3.33 bits per heavy atom. The lowest BCUT2D eigenvalue weighted by Crippen LogP contribution is -2.18. The molecule has 1 aromatic rings. The molecule has 0 saturated carbocycles. The minimum atomic E-state index is -0.164. The van der Waals surface area contributed by atoms with Crippen molar-refractivity contribution in [3.05, 3.63) is 21.0 Å². The highest BCUT2D eigenvalue weighted by Gasteiger charge is 2.12. The average molecular weight is 247 g/mol. The first-order valence-electron chi connectivity index (χ1n) is 3.67. The molecule has 0 bridgehead atoms. The summed E-state index contributed by atoms with van der Waals surface area (Å²) in [5.41, 5.74) is -0.164. The van der Waals surface area contributed by atoms with Crippen LogP contribution in [0.5, 0.6) is 0 Å². The minimum absolute atomic E-state index is 0.164. The third-order valence-electron chi connectivity index (χ3n) is 1.69. The van der Waals surface area contributed by atoms with Crippen LogP contribution in [0, 0.1) is 0 Å². The molecule has 1 aliphatic heterocycles. The summed E-state index contributed by atoms with van der Waals surface area (Å²) in [6, 6.07) is 1.51. The van der Waals surface area contributed by atoms with Gasteiger partial charge in [-0.15, -0.1) is 0 Å². The number of nitrogens with zero attached hydrogens (tertiary/aromatic N) is 2. The molecule has 5 heteroatoms. The van der Waals surface area contributed by atoms with Gasteiger partial charge in [0.25, 0.3) is 5.56 Å². The smallest absolute Gasteiger partial charge is 0.274 e. The maximum absolute atomic E-state index is 11.0. The molecule has 0 saturated heterocycles. The Bertz CT molecular complexity index is 363. The lowest BCUT2D eigenvalue weighted by atomic mass is 10.4. The lowest BCUT2D eigenvalue weighted by molar-refractivity contribution is 0.564. The molecule has 2 heterocycles. The quantitative estimate of drug-likeness (QED) is 0.514. The maximum atomic E-state index is 11.0. The van der Waals surface area contributed by atoms with Crippen LogP contribution in [0.25, 0.3) is 0 Å². The van der Waals surface area contributed by atoms with Crippen molar-refractivity contribution >= 4 is 27.7 Å². The van der Waals surface area contributed by atoms with Crippen molar-refractivity contribution in [1.82, 2.24) is 9.55 Å². The van der Waals surface area contributed by atoms with Crippen LogP contribution in [0.15, 0.2) is 20.6 Å². The second kappa shape index (κ2) is 3.22. The summed E-state index contributed by atoms with van der Waals surface area (Å²) >= 11 is 4.98. The van der Waals surface area contributed by atoms with Gasteiger partial charge in [-0.25, -0.2) is 0 Å². The van der Waals surface area contributed by atoms with E-state index in [9.17, 15) is 4.79 Å². The molecule has 0 spiro atoms. The third-order valence-corrected chi connectivity index (χ3v) is 3.41. The fourth-order valence-electron chi connectivity index (χ4n) is 1.16. The van der Waals surface area contributed by atoms with Crippen LogP contribution < -0.4 is 5.56 Å². The number of halogens is 1. The number of aromatic nitrogens is 2. The van der Waals surface area contributed by atoms with Crippen molar-refractivity contribution in [2.75, 3.05) is 5.75 Å². The Morgan fingerprint density at radius 1 is 1.67 bits per heavy atom. The highest BCUT2D eigenvalue weighted by Crippen LogP contribution is 2.24. The Morgan fingerprint density at radius 2 is 2.50 bits per heavy atom. The van der Waals surface area contributed by atoms with Gasteiger partial charge in [0.05, 0.1) is 4.60 Å². The summed E-state index contributed by atoms with van der Waals surface area (Å²) in [6.07, 6.45) is 1.14. The van der Waals surface area contributed by atoms with Gasteiger partial charge in [0.1, 0.15) is 0 Å². The van der Waals surface area contributed by atoms with Gasteiger partial charge >= 0.3 is 0 Å². The van der Waals surface area contributed by atoms with Crippen molar-refractivity contribution in [2.45, 2.75) is 18.1 Å². The predicted molar refractivity (Wildman–Crippen MR) is 51.5 cm³/mol. The first-order chi connectivity index (χ1) is 5.77. The van der Waals surface area contributed by atoms with Crippen LogP contribution >= 0.6 is 27.7 Å². The van der Waals surface area contributed by atoms with E-state index in [2.05, 4.69) is 20.9 Å². The van der Waals surface area contributed by atoms with Crippen LogP contribution in [0.3, 0.4) is 0 Å². The Kier molecular flexibility index (Phi) is 2.23. The highest BCUT2D eigenvalue weighted by molar-refractivity contribution is 9.10. The zero-order valence-corrected chi connectivity index (χ0v) is 8.69. The van der Waals surface area contributed by atoms with Crippen LogP contribution in [-0.4, -0.2) is 15.3 Å². The summed E-state index contributed by atoms with van der Waals surface area (Å²) in [6.45, 7) is 0.955. The van der Waals surface area contributed by atoms with E-state index in [-0.39, 0.29) is 5.56 Å². The molecule has 2 rings (SSSR count). The first-order valence-corrected chi connectivity index (χ1v) is 5.45. The average Bonchev–Trinajstić information content (AvgIpc) is 2.04. The Hall–Kier alpha value is -0.290. The monoisotopic (exact) mass is 246 g/mol. The van der Waals surface area contributed by atoms with E-state index < -0.39 is 0 Å². The maximum Gasteiger partial charge on any atom is 0.274 e. The summed E-state index contributed by atoms with van der Waals surface area (Å²) in [4.78, 5) is 14.9. The van der Waals surface area contributed by atoms with Gasteiger partial charge in [-0.05, 0) is 22.4 Å². The molecule has 1 aromatic heterocycles. The molecule has 0 N–H and O–H groups in total. The van der Waals surface area contributed by atoms with Crippen molar-refractivity contribution in [1.29, 1.82) is 0 Å². The van der Waals surface area contributed by atoms with Crippen molar-refractivity contribution in [3.63, 3.8) is 0 Å². The Labute approximate surface area is 82.3 Å². The van der Waals surface area contributed by atoms with Crippen LogP contribution in [0.4, 0.5) is 0 Å². The standard InChI is InChI=1S/C7H7BrN2OS/c8-5-4-6(11)9-7-10(5)2-1-3-12-7/h4H,1-3H2. The largest absolute Gasteiger partial charge is 0.315 e. The number of hydrogen-bond acceptors (Lipinski definition) is 3. The summed E-state index contributed by atoms with van der Waals surface area (Å²) in [5.74, 6) is 1.06. The molecule has 0 aromatic carbocycles. The van der Waals surface area contributed by atoms with Gasteiger partial charge in [0.2, 0.25) is 0 Å². The molecule has 12 heavy (non-hydrogen) atoms. The number of hydrogen-bond donors (Lipinski definition) is 0. The van der Waals surface area contributed by atoms with E-state index >= 15 is 0 Å². The third kappa shape index (κ3) is 1.43. The van der Waals surface area contributed by atoms with Gasteiger partial charge < -0.3 is 4.57 Å². The molecule has 0 radical (unpaired) electrons. The lowest BCUT2D eigenvalue weighted by Gasteiger charge is -2.17. The van der Waals surface area contributed by atoms with Crippen LogP contribution in [0.1, 0.15) is 6.42 Å². The van der Waals surface area contributed by atoms with E-state index in [4.69, 9.17) is 0 Å².